The fraction of sp³-hybridized carbons (Fsp3) is 0.316. The molecule has 5 N–H and O–H groups in total. The first-order valence-corrected chi connectivity index (χ1v) is 9.12. The maximum absolute atomic E-state index is 11.2. The molecule has 0 aliphatic rings. The molecule has 2 aromatic rings. The second-order valence-corrected chi connectivity index (χ2v) is 6.47. The number of rotatable bonds is 9. The molecule has 0 saturated heterocycles. The summed E-state index contributed by atoms with van der Waals surface area (Å²) in [6, 6.07) is 4.77. The van der Waals surface area contributed by atoms with Crippen LogP contribution in [0.3, 0.4) is 0 Å². The topological polar surface area (TPSA) is 113 Å². The highest BCUT2D eigenvalue weighted by Gasteiger charge is 2.18. The average molecular weight is 390 g/mol. The van der Waals surface area contributed by atoms with E-state index >= 15 is 0 Å². The number of hydrogen-bond acceptors (Lipinski definition) is 4. The van der Waals surface area contributed by atoms with E-state index in [1.165, 1.54) is 6.92 Å². The first kappa shape index (κ1) is 20.7. The minimum atomic E-state index is -0.314. The summed E-state index contributed by atoms with van der Waals surface area (Å²) >= 11 is 6.33. The Balaban J connectivity index is 2.30. The van der Waals surface area contributed by atoms with Crippen LogP contribution >= 0.6 is 11.6 Å². The van der Waals surface area contributed by atoms with Crippen LogP contribution in [0.1, 0.15) is 45.0 Å². The third kappa shape index (κ3) is 5.67. The second kappa shape index (κ2) is 9.89. The Morgan fingerprint density at radius 2 is 2.19 bits per heavy atom. The molecule has 2 rings (SSSR count). The molecule has 0 radical (unpaired) electrons. The molecular formula is C19H24ClN5O2. The Morgan fingerprint density at radius 1 is 1.41 bits per heavy atom. The van der Waals surface area contributed by atoms with Gasteiger partial charge in [0.25, 0.3) is 0 Å². The predicted octanol–water partition coefficient (Wildman–Crippen LogP) is 4.00. The van der Waals surface area contributed by atoms with Gasteiger partial charge in [-0.3, -0.25) is 9.59 Å². The number of H-pyrrole nitrogens is 1. The number of aromatic nitrogens is 2. The lowest BCUT2D eigenvalue weighted by molar-refractivity contribution is -0.114. The number of aromatic amines is 1. The molecule has 1 unspecified atom stereocenters. The summed E-state index contributed by atoms with van der Waals surface area (Å²) in [5.41, 5.74) is 8.33. The summed E-state index contributed by atoms with van der Waals surface area (Å²) < 4.78 is 0. The van der Waals surface area contributed by atoms with Crippen LogP contribution in [0.5, 0.6) is 0 Å². The third-order valence-corrected chi connectivity index (χ3v) is 4.12. The van der Waals surface area contributed by atoms with Crippen molar-refractivity contribution in [1.82, 2.24) is 9.97 Å². The quantitative estimate of drug-likeness (QED) is 0.383. The van der Waals surface area contributed by atoms with Crippen LogP contribution in [0.2, 0.25) is 5.15 Å². The molecule has 8 heteroatoms. The van der Waals surface area contributed by atoms with Gasteiger partial charge < -0.3 is 21.4 Å². The predicted molar refractivity (Wildman–Crippen MR) is 109 cm³/mol. The van der Waals surface area contributed by atoms with E-state index in [9.17, 15) is 9.59 Å². The molecule has 1 aromatic heterocycles. The van der Waals surface area contributed by atoms with Gasteiger partial charge in [-0.1, -0.05) is 37.1 Å². The van der Waals surface area contributed by atoms with Gasteiger partial charge in [0.1, 0.15) is 16.7 Å². The van der Waals surface area contributed by atoms with E-state index < -0.39 is 0 Å². The van der Waals surface area contributed by atoms with E-state index in [2.05, 4.69) is 33.6 Å². The largest absolute Gasteiger partial charge is 0.331 e. The fourth-order valence-electron chi connectivity index (χ4n) is 2.58. The number of nitrogens with one attached hydrogen (secondary N) is 3. The fourth-order valence-corrected chi connectivity index (χ4v) is 2.82. The number of halogens is 1. The number of nitrogens with zero attached hydrogens (tertiary/aromatic N) is 1. The van der Waals surface area contributed by atoms with Crippen molar-refractivity contribution >= 4 is 35.3 Å². The SMILES string of the molecule is CCC/C=C/CC(N)c1nc(-c2ccc(NC(C)=O)cc2NC=O)c(Cl)[nH]1. The molecule has 1 aromatic carbocycles. The highest BCUT2D eigenvalue weighted by Crippen LogP contribution is 2.34. The number of allylic oxidation sites excluding steroid dienone is 1. The molecule has 2 amide bonds. The van der Waals surface area contributed by atoms with Gasteiger partial charge in [0, 0.05) is 18.2 Å². The zero-order chi connectivity index (χ0) is 19.8. The van der Waals surface area contributed by atoms with Crippen LogP contribution in [0.4, 0.5) is 11.4 Å². The second-order valence-electron chi connectivity index (χ2n) is 6.09. The monoisotopic (exact) mass is 389 g/mol. The first-order chi connectivity index (χ1) is 13.0. The third-order valence-electron chi connectivity index (χ3n) is 3.85. The van der Waals surface area contributed by atoms with Gasteiger partial charge in [0.2, 0.25) is 12.3 Å². The summed E-state index contributed by atoms with van der Waals surface area (Å²) in [5.74, 6) is 0.362. The van der Waals surface area contributed by atoms with Crippen molar-refractivity contribution in [2.24, 2.45) is 5.73 Å². The smallest absolute Gasteiger partial charge is 0.221 e. The highest BCUT2D eigenvalue weighted by molar-refractivity contribution is 6.32. The van der Waals surface area contributed by atoms with E-state index in [0.717, 1.165) is 12.8 Å². The molecule has 27 heavy (non-hydrogen) atoms. The molecule has 0 bridgehead atoms. The number of imidazole rings is 1. The molecule has 0 spiro atoms. The number of hydrogen-bond donors (Lipinski definition) is 4. The van der Waals surface area contributed by atoms with Crippen LogP contribution in [0.15, 0.2) is 30.4 Å². The van der Waals surface area contributed by atoms with Crippen molar-refractivity contribution < 1.29 is 9.59 Å². The van der Waals surface area contributed by atoms with Crippen molar-refractivity contribution in [3.05, 3.63) is 41.3 Å². The number of carbonyl (C=O) groups excluding carboxylic acids is 2. The number of unbranched alkanes of at least 4 members (excludes halogenated alkanes) is 1. The number of benzene rings is 1. The van der Waals surface area contributed by atoms with Gasteiger partial charge in [-0.15, -0.1) is 0 Å². The Labute approximate surface area is 163 Å². The molecule has 1 heterocycles. The summed E-state index contributed by atoms with van der Waals surface area (Å²) in [6.45, 7) is 3.53. The van der Waals surface area contributed by atoms with Crippen LogP contribution in [-0.4, -0.2) is 22.3 Å². The number of amides is 2. The normalized spacial score (nSPS) is 12.1. The summed E-state index contributed by atoms with van der Waals surface area (Å²) in [7, 11) is 0. The van der Waals surface area contributed by atoms with E-state index in [4.69, 9.17) is 17.3 Å². The van der Waals surface area contributed by atoms with Gasteiger partial charge >= 0.3 is 0 Å². The number of nitrogens with two attached hydrogens (primary N) is 1. The molecule has 0 aliphatic carbocycles. The Morgan fingerprint density at radius 3 is 2.85 bits per heavy atom. The van der Waals surface area contributed by atoms with Crippen LogP contribution in [-0.2, 0) is 9.59 Å². The lowest BCUT2D eigenvalue weighted by Crippen LogP contribution is -2.11. The maximum Gasteiger partial charge on any atom is 0.221 e. The lowest BCUT2D eigenvalue weighted by Gasteiger charge is -2.10. The Hall–Kier alpha value is -2.64. The summed E-state index contributed by atoms with van der Waals surface area (Å²) in [4.78, 5) is 29.7. The molecule has 0 saturated carbocycles. The van der Waals surface area contributed by atoms with Gasteiger partial charge in [-0.2, -0.15) is 0 Å². The van der Waals surface area contributed by atoms with Gasteiger partial charge in [0.15, 0.2) is 0 Å². The van der Waals surface area contributed by atoms with Crippen molar-refractivity contribution in [2.45, 2.75) is 39.2 Å². The molecular weight excluding hydrogens is 366 g/mol. The van der Waals surface area contributed by atoms with Crippen molar-refractivity contribution in [1.29, 1.82) is 0 Å². The molecule has 144 valence electrons. The molecule has 0 aliphatic heterocycles. The van der Waals surface area contributed by atoms with E-state index in [-0.39, 0.29) is 11.9 Å². The van der Waals surface area contributed by atoms with Crippen LogP contribution in [0.25, 0.3) is 11.3 Å². The molecule has 7 nitrogen and oxygen atoms in total. The van der Waals surface area contributed by atoms with Crippen LogP contribution < -0.4 is 16.4 Å². The molecule has 0 fully saturated rings. The van der Waals surface area contributed by atoms with Gasteiger partial charge in [-0.05, 0) is 31.0 Å². The minimum Gasteiger partial charge on any atom is -0.331 e. The minimum absolute atomic E-state index is 0.206. The van der Waals surface area contributed by atoms with Crippen LogP contribution in [0, 0.1) is 0 Å². The Bertz CT molecular complexity index is 832. The first-order valence-electron chi connectivity index (χ1n) is 8.74. The van der Waals surface area contributed by atoms with Gasteiger partial charge in [0.05, 0.1) is 11.7 Å². The van der Waals surface area contributed by atoms with Crippen molar-refractivity contribution in [3.8, 4) is 11.3 Å². The van der Waals surface area contributed by atoms with E-state index in [1.54, 1.807) is 18.2 Å². The van der Waals surface area contributed by atoms with E-state index in [1.807, 2.05) is 6.08 Å². The number of carbonyl (C=O) groups is 2. The molecule has 1 atom stereocenters. The average Bonchev–Trinajstić information content (AvgIpc) is 3.00. The zero-order valence-corrected chi connectivity index (χ0v) is 16.1. The zero-order valence-electron chi connectivity index (χ0n) is 15.4. The standard InChI is InChI=1S/C19H24ClN5O2/c1-3-4-5-6-7-15(21)19-24-17(18(20)25-19)14-9-8-13(23-12(2)27)10-16(14)22-11-26/h5-6,8-11,15H,3-4,7,21H2,1-2H3,(H,22,26)(H,23,27)(H,24,25)/b6-5+. The van der Waals surface area contributed by atoms with E-state index in [0.29, 0.717) is 46.4 Å². The Kier molecular flexibility index (Phi) is 7.57. The van der Waals surface area contributed by atoms with Gasteiger partial charge in [-0.25, -0.2) is 4.98 Å². The summed E-state index contributed by atoms with van der Waals surface area (Å²) in [5, 5.41) is 5.62. The summed E-state index contributed by atoms with van der Waals surface area (Å²) in [6.07, 6.45) is 7.43. The number of anilines is 2. The van der Waals surface area contributed by atoms with Crippen molar-refractivity contribution in [2.75, 3.05) is 10.6 Å². The highest BCUT2D eigenvalue weighted by atomic mass is 35.5. The van der Waals surface area contributed by atoms with Crippen molar-refractivity contribution in [3.63, 3.8) is 0 Å². The maximum atomic E-state index is 11.2. The lowest BCUT2D eigenvalue weighted by atomic mass is 10.1.